The van der Waals surface area contributed by atoms with Crippen LogP contribution in [0.3, 0.4) is 0 Å². The van der Waals surface area contributed by atoms with Crippen molar-refractivity contribution in [3.05, 3.63) is 0 Å². The van der Waals surface area contributed by atoms with E-state index in [9.17, 15) is 20.4 Å². The zero-order valence-electron chi connectivity index (χ0n) is 13.0. The van der Waals surface area contributed by atoms with Crippen molar-refractivity contribution in [3.63, 3.8) is 0 Å². The van der Waals surface area contributed by atoms with Crippen LogP contribution in [0, 0.1) is 0 Å². The molecule has 0 bridgehead atoms. The van der Waals surface area contributed by atoms with Gasteiger partial charge in [-0.3, -0.25) is 0 Å². The van der Waals surface area contributed by atoms with Gasteiger partial charge >= 0.3 is 0 Å². The summed E-state index contributed by atoms with van der Waals surface area (Å²) >= 11 is 1.53. The molecule has 5 N–H and O–H groups in total. The Balaban J connectivity index is 3.54. The first kappa shape index (κ1) is 21.1. The first-order valence-electron chi connectivity index (χ1n) is 7.95. The molecule has 0 aromatic rings. The highest BCUT2D eigenvalue weighted by Gasteiger charge is 2.29. The maximum Gasteiger partial charge on any atom is 0.111 e. The monoisotopic (exact) mass is 324 g/mol. The number of unbranched alkanes of at least 4 members (excludes halogenated alkanes) is 6. The fourth-order valence-corrected chi connectivity index (χ4v) is 3.04. The van der Waals surface area contributed by atoms with E-state index in [0.29, 0.717) is 5.75 Å². The zero-order valence-corrected chi connectivity index (χ0v) is 13.8. The summed E-state index contributed by atoms with van der Waals surface area (Å²) in [6, 6.07) is 0. The van der Waals surface area contributed by atoms with Crippen LogP contribution in [0.2, 0.25) is 0 Å². The van der Waals surface area contributed by atoms with E-state index in [4.69, 9.17) is 5.11 Å². The maximum absolute atomic E-state index is 9.71. The van der Waals surface area contributed by atoms with E-state index >= 15 is 0 Å². The third-order valence-corrected chi connectivity index (χ3v) is 4.66. The molecule has 6 heteroatoms. The lowest BCUT2D eigenvalue weighted by atomic mass is 10.0. The van der Waals surface area contributed by atoms with Crippen LogP contribution in [0.4, 0.5) is 0 Å². The van der Waals surface area contributed by atoms with Crippen molar-refractivity contribution in [3.8, 4) is 0 Å². The average Bonchev–Trinajstić information content (AvgIpc) is 2.50. The summed E-state index contributed by atoms with van der Waals surface area (Å²) in [5, 5.41) is 46.7. The second kappa shape index (κ2) is 13.8. The first-order chi connectivity index (χ1) is 10.0. The molecule has 0 radical (unpaired) electrons. The molecule has 0 aliphatic heterocycles. The summed E-state index contributed by atoms with van der Waals surface area (Å²) in [6.45, 7) is 1.56. The third kappa shape index (κ3) is 10.5. The number of thioether (sulfide) groups is 1. The Morgan fingerprint density at radius 2 is 1.29 bits per heavy atom. The van der Waals surface area contributed by atoms with Crippen molar-refractivity contribution >= 4 is 11.8 Å². The molecule has 21 heavy (non-hydrogen) atoms. The van der Waals surface area contributed by atoms with Crippen molar-refractivity contribution in [1.29, 1.82) is 0 Å². The molecule has 128 valence electrons. The second-order valence-electron chi connectivity index (χ2n) is 5.49. The summed E-state index contributed by atoms with van der Waals surface area (Å²) in [7, 11) is 0. The Labute approximate surface area is 132 Å². The van der Waals surface area contributed by atoms with Crippen molar-refractivity contribution in [1.82, 2.24) is 0 Å². The molecular weight excluding hydrogens is 292 g/mol. The Bertz CT molecular complexity index is 230. The first-order valence-corrected chi connectivity index (χ1v) is 9.10. The van der Waals surface area contributed by atoms with Crippen LogP contribution in [0.25, 0.3) is 0 Å². The van der Waals surface area contributed by atoms with Gasteiger partial charge in [0.05, 0.1) is 12.7 Å². The number of rotatable bonds is 14. The molecule has 0 saturated heterocycles. The Hall–Kier alpha value is 0.150. The van der Waals surface area contributed by atoms with Crippen LogP contribution >= 0.6 is 11.8 Å². The molecule has 5 nitrogen and oxygen atoms in total. The van der Waals surface area contributed by atoms with E-state index in [2.05, 4.69) is 6.92 Å². The second-order valence-corrected chi connectivity index (χ2v) is 6.64. The van der Waals surface area contributed by atoms with Gasteiger partial charge in [-0.2, -0.15) is 11.8 Å². The number of aliphatic hydroxyl groups is 5. The van der Waals surface area contributed by atoms with Crippen LogP contribution in [-0.4, -0.2) is 68.1 Å². The minimum absolute atomic E-state index is 0.312. The Morgan fingerprint density at radius 3 is 1.86 bits per heavy atom. The van der Waals surface area contributed by atoms with Crippen molar-refractivity contribution < 1.29 is 25.5 Å². The van der Waals surface area contributed by atoms with Crippen molar-refractivity contribution in [2.24, 2.45) is 0 Å². The lowest BCUT2D eigenvalue weighted by molar-refractivity contribution is -0.109. The van der Waals surface area contributed by atoms with E-state index in [1.807, 2.05) is 0 Å². The van der Waals surface area contributed by atoms with E-state index in [1.165, 1.54) is 50.3 Å². The zero-order chi connectivity index (χ0) is 16.1. The van der Waals surface area contributed by atoms with Gasteiger partial charge in [0, 0.05) is 5.75 Å². The minimum Gasteiger partial charge on any atom is -0.394 e. The van der Waals surface area contributed by atoms with Crippen LogP contribution in [-0.2, 0) is 0 Å². The highest BCUT2D eigenvalue weighted by molar-refractivity contribution is 7.99. The maximum atomic E-state index is 9.71. The Kier molecular flexibility index (Phi) is 13.9. The minimum atomic E-state index is -1.52. The number of hydrogen-bond donors (Lipinski definition) is 5. The highest BCUT2D eigenvalue weighted by Crippen LogP contribution is 2.14. The van der Waals surface area contributed by atoms with E-state index < -0.39 is 31.0 Å². The van der Waals surface area contributed by atoms with Gasteiger partial charge in [0.15, 0.2) is 0 Å². The summed E-state index contributed by atoms with van der Waals surface area (Å²) in [5.41, 5.74) is 0. The van der Waals surface area contributed by atoms with Crippen LogP contribution in [0.5, 0.6) is 0 Å². The van der Waals surface area contributed by atoms with E-state index in [-0.39, 0.29) is 0 Å². The smallest absolute Gasteiger partial charge is 0.111 e. The van der Waals surface area contributed by atoms with Gasteiger partial charge in [-0.1, -0.05) is 45.4 Å². The summed E-state index contributed by atoms with van der Waals surface area (Å²) in [5.74, 6) is 1.22. The molecule has 0 aromatic carbocycles. The van der Waals surface area contributed by atoms with Crippen molar-refractivity contribution in [2.75, 3.05) is 18.1 Å². The van der Waals surface area contributed by atoms with Crippen LogP contribution in [0.1, 0.15) is 51.9 Å². The molecule has 0 spiro atoms. The lowest BCUT2D eigenvalue weighted by Crippen LogP contribution is -2.46. The lowest BCUT2D eigenvalue weighted by Gasteiger charge is -2.25. The molecule has 0 aromatic heterocycles. The molecular formula is C15H32O5S. The molecule has 0 heterocycles. The average molecular weight is 324 g/mol. The number of aliphatic hydroxyl groups excluding tert-OH is 5. The molecule has 0 aliphatic carbocycles. The largest absolute Gasteiger partial charge is 0.394 e. The molecule has 0 rings (SSSR count). The standard InChI is InChI=1S/C15H32O5S/c1-2-3-4-5-6-7-8-9-21-11-13(18)15(20)14(19)12(17)10-16/h12-20H,2-11H2,1H3/t12-,13-,14-,15-/m1/s1. The SMILES string of the molecule is CCCCCCCCCSC[C@@H](O)[C@@H](O)[C@H](O)[C@H](O)CO. The summed E-state index contributed by atoms with van der Waals surface area (Å²) in [6.07, 6.45) is 3.17. The van der Waals surface area contributed by atoms with Gasteiger partial charge in [-0.05, 0) is 12.2 Å². The molecule has 4 atom stereocenters. The normalized spacial score (nSPS) is 17.4. The van der Waals surface area contributed by atoms with E-state index in [0.717, 1.165) is 12.2 Å². The van der Waals surface area contributed by atoms with Gasteiger partial charge in [0.25, 0.3) is 0 Å². The Morgan fingerprint density at radius 1 is 0.762 bits per heavy atom. The fraction of sp³-hybridized carbons (Fsp3) is 1.00. The molecule has 0 amide bonds. The van der Waals surface area contributed by atoms with Gasteiger partial charge in [-0.15, -0.1) is 0 Å². The third-order valence-electron chi connectivity index (χ3n) is 3.51. The van der Waals surface area contributed by atoms with Gasteiger partial charge in [-0.25, -0.2) is 0 Å². The van der Waals surface area contributed by atoms with Crippen molar-refractivity contribution in [2.45, 2.75) is 76.3 Å². The molecule has 0 aliphatic rings. The predicted octanol–water partition coefficient (Wildman–Crippen LogP) is 0.906. The fourth-order valence-electron chi connectivity index (χ4n) is 2.03. The van der Waals surface area contributed by atoms with Gasteiger partial charge in [0.1, 0.15) is 18.3 Å². The predicted molar refractivity (Wildman–Crippen MR) is 86.4 cm³/mol. The van der Waals surface area contributed by atoms with Crippen LogP contribution in [0.15, 0.2) is 0 Å². The molecule has 0 saturated carbocycles. The quantitative estimate of drug-likeness (QED) is 0.304. The highest BCUT2D eigenvalue weighted by atomic mass is 32.2. The number of hydrogen-bond acceptors (Lipinski definition) is 6. The molecule has 0 fully saturated rings. The molecule has 0 unspecified atom stereocenters. The van der Waals surface area contributed by atoms with Crippen LogP contribution < -0.4 is 0 Å². The van der Waals surface area contributed by atoms with Gasteiger partial charge in [0.2, 0.25) is 0 Å². The summed E-state index contributed by atoms with van der Waals surface area (Å²) in [4.78, 5) is 0. The topological polar surface area (TPSA) is 101 Å². The van der Waals surface area contributed by atoms with Gasteiger partial charge < -0.3 is 25.5 Å². The summed E-state index contributed by atoms with van der Waals surface area (Å²) < 4.78 is 0. The van der Waals surface area contributed by atoms with E-state index in [1.54, 1.807) is 0 Å².